The molecule has 0 aromatic heterocycles. The number of phenolic OH excluding ortho intramolecular Hbond substituents is 5. The summed E-state index contributed by atoms with van der Waals surface area (Å²) in [4.78, 5) is 0. The molecule has 0 aliphatic rings. The van der Waals surface area contributed by atoms with Crippen molar-refractivity contribution in [2.45, 2.75) is 173 Å². The number of rotatable bonds is 14. The van der Waals surface area contributed by atoms with Crippen LogP contribution in [-0.2, 0) is 6.42 Å². The summed E-state index contributed by atoms with van der Waals surface area (Å²) >= 11 is 9.31. The number of aliphatic hydroxyl groups excluding tert-OH is 10. The smallest absolute Gasteiger partial charge is 0.369 e. The minimum absolute atomic E-state index is 0.185. The Bertz CT molecular complexity index is 3350. The van der Waals surface area contributed by atoms with E-state index in [1.165, 1.54) is 18.2 Å². The third-order valence-electron chi connectivity index (χ3n) is 12.7. The van der Waals surface area contributed by atoms with Crippen LogP contribution in [0.3, 0.4) is 0 Å². The third-order valence-corrected chi connectivity index (χ3v) is 12.7. The Labute approximate surface area is 711 Å². The van der Waals surface area contributed by atoms with Gasteiger partial charge < -0.3 is 90.8 Å². The number of ether oxygens (including phenoxy) is 3. The highest BCUT2D eigenvalue weighted by Gasteiger charge is 2.05. The molecule has 0 atom stereocenters. The molecule has 0 fully saturated rings. The van der Waals surface area contributed by atoms with Gasteiger partial charge in [0.05, 0.1) is 21.3 Å². The molecule has 0 heterocycles. The summed E-state index contributed by atoms with van der Waals surface area (Å²) in [5, 5.41) is 132. The molecule has 0 spiro atoms. The lowest BCUT2D eigenvalue weighted by molar-refractivity contribution is 0.410. The van der Waals surface area contributed by atoms with Gasteiger partial charge in [0, 0.05) is 0 Å². The molecule has 0 amide bonds. The number of aromatic hydroxyl groups is 5. The lowest BCUT2D eigenvalue weighted by atomic mass is 10.1. The molecular weight excluding hydrogens is 1640 g/mol. The summed E-state index contributed by atoms with van der Waals surface area (Å²) in [6, 6.07) is 19.8. The van der Waals surface area contributed by atoms with Crippen LogP contribution in [0.2, 0.25) is 0 Å². The van der Waals surface area contributed by atoms with E-state index in [0.717, 1.165) is 40.4 Å². The van der Waals surface area contributed by atoms with Gasteiger partial charge in [0.15, 0.2) is 0 Å². The van der Waals surface area contributed by atoms with E-state index in [1.54, 1.807) is 270 Å². The number of halogens is 3. The molecule has 0 aliphatic carbocycles. The normalized spacial score (nSPS) is 10.6. The van der Waals surface area contributed by atoms with E-state index in [-0.39, 0.29) is 78.0 Å². The molecule has 114 heavy (non-hydrogen) atoms. The van der Waals surface area contributed by atoms with Crippen molar-refractivity contribution in [3.8, 4) is 46.0 Å². The van der Waals surface area contributed by atoms with Gasteiger partial charge in [0.1, 0.15) is 104 Å². The summed E-state index contributed by atoms with van der Waals surface area (Å²) in [5.41, 5.74) is 10.4. The van der Waals surface area contributed by atoms with Gasteiger partial charge in [0.2, 0.25) is 0 Å². The molecule has 4 aromatic carbocycles. The second-order valence-corrected chi connectivity index (χ2v) is 29.9. The van der Waals surface area contributed by atoms with Gasteiger partial charge in [-0.3, -0.25) is 0 Å². The zero-order chi connectivity index (χ0) is 92.4. The van der Waals surface area contributed by atoms with Crippen molar-refractivity contribution in [3.05, 3.63) is 335 Å². The number of hydrogen-bond acceptors (Lipinski definition) is 18. The lowest BCUT2D eigenvalue weighted by Gasteiger charge is -2.07. The zero-order valence-corrected chi connectivity index (χ0v) is 77.9. The minimum Gasteiger partial charge on any atom is -0.508 e. The van der Waals surface area contributed by atoms with Gasteiger partial charge in [-0.1, -0.05) is 72.7 Å². The maximum atomic E-state index is 9.56. The minimum atomic E-state index is 0.185. The summed E-state index contributed by atoms with van der Waals surface area (Å²) in [6.45, 7) is 77.8. The first-order valence-electron chi connectivity index (χ1n) is 35.1. The number of hydrogen-bond donors (Lipinski definition) is 15. The molecule has 22 heteroatoms. The maximum Gasteiger partial charge on any atom is 0.369 e. The van der Waals surface area contributed by atoms with Crippen molar-refractivity contribution in [3.63, 3.8) is 0 Å². The number of methoxy groups -OCH3 is 3. The predicted octanol–water partition coefficient (Wildman–Crippen LogP) is 29.2. The number of benzene rings is 4. The number of allylic oxidation sites excluding steroid dienone is 20. The molecule has 0 saturated heterocycles. The SMILES string of the molecule is BrB(Br)Br.C=C(C)/C(O)=C\C.C=C(C)/C(O)=C\C.C=C(C)/C(O)=C\C.C=C(C)/C(O)=C\C.C=C(C)/C(O)=C\C.C=C(C)/C(O)=C\C.C=C(C)/C(O)=C\C.C=C(C)/C(O)=C\C.C=C(C)/C(O)=C\C.C=C(C)/C(O)=C\C.CCc1cc(OC)cc(C)c1O.COc1ccc(O)c(C)c1.COc1ccc(O)cc1.Cc1cc(O)ccc1O. The van der Waals surface area contributed by atoms with E-state index in [9.17, 15) is 5.11 Å². The van der Waals surface area contributed by atoms with Crippen molar-refractivity contribution in [1.29, 1.82) is 0 Å². The van der Waals surface area contributed by atoms with Crippen LogP contribution in [0.4, 0.5) is 0 Å². The molecule has 0 bridgehead atoms. The molecular formula is C92H140BBr3O18. The van der Waals surface area contributed by atoms with Crippen LogP contribution in [0.5, 0.6) is 46.0 Å². The predicted molar refractivity (Wildman–Crippen MR) is 502 cm³/mol. The van der Waals surface area contributed by atoms with Gasteiger partial charge in [-0.15, -0.1) is 47.3 Å². The average molecular weight is 1780 g/mol. The number of aryl methyl sites for hydroxylation is 4. The van der Waals surface area contributed by atoms with Crippen molar-refractivity contribution in [2.75, 3.05) is 21.3 Å². The molecule has 4 rings (SSSR count). The van der Waals surface area contributed by atoms with Gasteiger partial charge in [0.25, 0.3) is 0 Å². The van der Waals surface area contributed by atoms with E-state index < -0.39 is 0 Å². The number of phenols is 5. The highest BCUT2D eigenvalue weighted by Crippen LogP contribution is 2.28. The Morgan fingerprint density at radius 1 is 0.298 bits per heavy atom. The Morgan fingerprint density at radius 2 is 0.482 bits per heavy atom. The molecule has 0 saturated carbocycles. The summed E-state index contributed by atoms with van der Waals surface area (Å²) in [5.74, 6) is 6.47. The Kier molecular flexibility index (Phi) is 89.9. The van der Waals surface area contributed by atoms with Gasteiger partial charge in [-0.25, -0.2) is 0 Å². The summed E-state index contributed by atoms with van der Waals surface area (Å²) in [7, 11) is 4.82. The summed E-state index contributed by atoms with van der Waals surface area (Å²) < 4.78 is 15.1. The standard InChI is InChI=1S/C10H14O2.C8H10O2.2C7H8O2.10C6H10O.BBr3/c1-4-8-6-9(12-3)5-7(2)10(8)11;1-6-5-7(10-2)3-4-8(6)9;1-9-7-4-2-6(8)3-5-7;1-5-4-6(8)2-3-7(5)9;10*1-4-6(7)5(2)3;2-1(3)4/h5-6,11H,4H2,1-3H3;3-5,9H,1-2H3;2-5,8H,1H3;2-4,8-9H,1H3;10*4,7H,2H2,1,3H3;/b;;;;10*6-4+;. The van der Waals surface area contributed by atoms with Crippen molar-refractivity contribution in [1.82, 2.24) is 0 Å². The largest absolute Gasteiger partial charge is 0.508 e. The van der Waals surface area contributed by atoms with Crippen LogP contribution in [0, 0.1) is 20.8 Å². The van der Waals surface area contributed by atoms with E-state index >= 15 is 0 Å². The maximum absolute atomic E-state index is 9.56. The first-order valence-corrected chi connectivity index (χ1v) is 37.8. The fourth-order valence-electron chi connectivity index (χ4n) is 5.64. The highest BCUT2D eigenvalue weighted by atomic mass is 79.9. The Balaban J connectivity index is -0.000000111. The fraction of sp³-hybridized carbons (Fsp3) is 0.304. The highest BCUT2D eigenvalue weighted by molar-refractivity contribution is 9.69. The molecule has 0 radical (unpaired) electrons. The second-order valence-electron chi connectivity index (χ2n) is 23.4. The van der Waals surface area contributed by atoms with Gasteiger partial charge in [-0.05, 0) is 377 Å². The molecule has 4 aromatic rings. The van der Waals surface area contributed by atoms with Crippen molar-refractivity contribution in [2.24, 2.45) is 0 Å². The fourth-order valence-corrected chi connectivity index (χ4v) is 5.64. The van der Waals surface area contributed by atoms with Crippen LogP contribution in [0.15, 0.2) is 313 Å². The number of aliphatic hydroxyl groups is 10. The topological polar surface area (TPSA) is 331 Å². The lowest BCUT2D eigenvalue weighted by Crippen LogP contribution is -1.89. The van der Waals surface area contributed by atoms with E-state index in [0.29, 0.717) is 72.8 Å². The van der Waals surface area contributed by atoms with Crippen LogP contribution in [-0.4, -0.2) is 101 Å². The first kappa shape index (κ1) is 127. The zero-order valence-electron chi connectivity index (χ0n) is 73.1. The summed E-state index contributed by atoms with van der Waals surface area (Å²) in [6.07, 6.45) is 17.0. The Morgan fingerprint density at radius 3 is 0.640 bits per heavy atom. The molecule has 15 N–H and O–H groups in total. The van der Waals surface area contributed by atoms with Crippen molar-refractivity contribution >= 4 is 50.5 Å². The molecule has 0 aliphatic heterocycles. The monoisotopic (exact) mass is 1780 g/mol. The van der Waals surface area contributed by atoms with E-state index in [1.807, 2.05) is 32.9 Å². The van der Waals surface area contributed by atoms with Gasteiger partial charge in [-0.2, -0.15) is 0 Å². The Hall–Kier alpha value is -10.4. The first-order chi connectivity index (χ1) is 52.5. The van der Waals surface area contributed by atoms with Crippen LogP contribution < -0.4 is 14.2 Å². The van der Waals surface area contributed by atoms with Crippen LogP contribution in [0.25, 0.3) is 0 Å². The quantitative estimate of drug-likeness (QED) is 0.0241. The average Bonchev–Trinajstić information content (AvgIpc) is 0.854. The van der Waals surface area contributed by atoms with Crippen LogP contribution in [0.1, 0.15) is 168 Å². The molecule has 18 nitrogen and oxygen atoms in total. The van der Waals surface area contributed by atoms with Gasteiger partial charge >= 0.3 is 3.18 Å². The second kappa shape index (κ2) is 80.6. The van der Waals surface area contributed by atoms with Crippen molar-refractivity contribution < 1.29 is 90.8 Å². The van der Waals surface area contributed by atoms with E-state index in [4.69, 9.17) is 85.7 Å². The van der Waals surface area contributed by atoms with E-state index in [2.05, 4.69) is 113 Å². The third kappa shape index (κ3) is 85.6. The molecule has 640 valence electrons. The van der Waals surface area contributed by atoms with Crippen LogP contribution >= 0.6 is 47.3 Å². The molecule has 0 unspecified atom stereocenters.